The van der Waals surface area contributed by atoms with Crippen LogP contribution in [0.1, 0.15) is 47.7 Å². The van der Waals surface area contributed by atoms with Crippen molar-refractivity contribution in [1.82, 2.24) is 4.98 Å². The first-order chi connectivity index (χ1) is 12.1. The summed E-state index contributed by atoms with van der Waals surface area (Å²) in [6.07, 6.45) is 4.49. The third-order valence-corrected chi connectivity index (χ3v) is 5.25. The Labute approximate surface area is 151 Å². The van der Waals surface area contributed by atoms with Crippen molar-refractivity contribution < 1.29 is 9.90 Å². The minimum Gasteiger partial charge on any atom is -0.476 e. The highest BCUT2D eigenvalue weighted by molar-refractivity contribution is 6.31. The van der Waals surface area contributed by atoms with E-state index >= 15 is 0 Å². The number of halogens is 1. The van der Waals surface area contributed by atoms with Crippen molar-refractivity contribution in [3.05, 3.63) is 64.8 Å². The summed E-state index contributed by atoms with van der Waals surface area (Å²) in [5, 5.41) is 11.4. The zero-order valence-corrected chi connectivity index (χ0v) is 14.5. The van der Waals surface area contributed by atoms with E-state index in [1.165, 1.54) is 12.8 Å². The van der Waals surface area contributed by atoms with Gasteiger partial charge in [0.1, 0.15) is 0 Å². The second kappa shape index (κ2) is 6.49. The van der Waals surface area contributed by atoms with Crippen LogP contribution in [-0.4, -0.2) is 16.1 Å². The van der Waals surface area contributed by atoms with Gasteiger partial charge >= 0.3 is 5.97 Å². The molecule has 0 spiro atoms. The van der Waals surface area contributed by atoms with Crippen LogP contribution in [0, 0.1) is 0 Å². The highest BCUT2D eigenvalue weighted by atomic mass is 35.5. The maximum absolute atomic E-state index is 12.0. The molecule has 1 fully saturated rings. The first-order valence-corrected chi connectivity index (χ1v) is 8.95. The van der Waals surface area contributed by atoms with Crippen molar-refractivity contribution in [3.8, 4) is 11.1 Å². The lowest BCUT2D eigenvalue weighted by Gasteiger charge is -2.20. The van der Waals surface area contributed by atoms with Crippen LogP contribution in [0.5, 0.6) is 0 Å². The molecule has 25 heavy (non-hydrogen) atoms. The molecule has 0 amide bonds. The topological polar surface area (TPSA) is 50.2 Å². The molecule has 4 heteroatoms. The van der Waals surface area contributed by atoms with Crippen molar-refractivity contribution in [2.75, 3.05) is 0 Å². The lowest BCUT2D eigenvalue weighted by Crippen LogP contribution is -2.09. The van der Waals surface area contributed by atoms with Crippen molar-refractivity contribution >= 4 is 28.5 Å². The number of hydrogen-bond acceptors (Lipinski definition) is 2. The van der Waals surface area contributed by atoms with Gasteiger partial charge in [-0.05, 0) is 48.1 Å². The molecule has 1 aliphatic carbocycles. The Morgan fingerprint density at radius 3 is 2.48 bits per heavy atom. The van der Waals surface area contributed by atoms with E-state index in [1.807, 2.05) is 42.5 Å². The standard InChI is InChI=1S/C21H18ClNO2/c22-15-10-11-17-16(12-15)18(13-8-4-5-9-13)19(20(23-17)21(24)25)14-6-2-1-3-7-14/h1-3,6-7,10-13H,4-5,8-9H2,(H,24,25). The molecule has 1 heterocycles. The van der Waals surface area contributed by atoms with Gasteiger partial charge in [-0.1, -0.05) is 54.8 Å². The van der Waals surface area contributed by atoms with Crippen LogP contribution in [0.4, 0.5) is 0 Å². The molecule has 126 valence electrons. The van der Waals surface area contributed by atoms with Gasteiger partial charge in [0.25, 0.3) is 0 Å². The van der Waals surface area contributed by atoms with Gasteiger partial charge in [-0.15, -0.1) is 0 Å². The Morgan fingerprint density at radius 2 is 1.80 bits per heavy atom. The molecule has 0 saturated heterocycles. The van der Waals surface area contributed by atoms with Gasteiger partial charge in [0.2, 0.25) is 0 Å². The predicted molar refractivity (Wildman–Crippen MR) is 100 cm³/mol. The largest absolute Gasteiger partial charge is 0.476 e. The maximum Gasteiger partial charge on any atom is 0.355 e. The number of aromatic carboxylic acids is 1. The van der Waals surface area contributed by atoms with E-state index < -0.39 is 5.97 Å². The molecule has 0 bridgehead atoms. The molecular weight excluding hydrogens is 334 g/mol. The molecule has 3 nitrogen and oxygen atoms in total. The van der Waals surface area contributed by atoms with Crippen LogP contribution < -0.4 is 0 Å². The zero-order chi connectivity index (χ0) is 17.4. The van der Waals surface area contributed by atoms with Crippen LogP contribution in [0.15, 0.2) is 48.5 Å². The van der Waals surface area contributed by atoms with E-state index in [1.54, 1.807) is 6.07 Å². The third kappa shape index (κ3) is 2.89. The Balaban J connectivity index is 2.13. The fourth-order valence-corrected chi connectivity index (χ4v) is 4.12. The summed E-state index contributed by atoms with van der Waals surface area (Å²) in [5.41, 5.74) is 3.56. The van der Waals surface area contributed by atoms with Crippen molar-refractivity contribution in [3.63, 3.8) is 0 Å². The van der Waals surface area contributed by atoms with E-state index in [0.717, 1.165) is 34.9 Å². The fraction of sp³-hybridized carbons (Fsp3) is 0.238. The average molecular weight is 352 g/mol. The summed E-state index contributed by atoms with van der Waals surface area (Å²) in [6, 6.07) is 15.2. The van der Waals surface area contributed by atoms with Gasteiger partial charge in [0, 0.05) is 16.0 Å². The summed E-state index contributed by atoms with van der Waals surface area (Å²) in [7, 11) is 0. The second-order valence-electron chi connectivity index (χ2n) is 6.56. The van der Waals surface area contributed by atoms with Crippen LogP contribution in [0.3, 0.4) is 0 Å². The summed E-state index contributed by atoms with van der Waals surface area (Å²) in [4.78, 5) is 16.5. The van der Waals surface area contributed by atoms with Crippen molar-refractivity contribution in [2.24, 2.45) is 0 Å². The highest BCUT2D eigenvalue weighted by Crippen LogP contribution is 2.44. The molecule has 0 atom stereocenters. The Morgan fingerprint density at radius 1 is 1.08 bits per heavy atom. The first kappa shape index (κ1) is 16.1. The molecule has 4 rings (SSSR count). The zero-order valence-electron chi connectivity index (χ0n) is 13.7. The summed E-state index contributed by atoms with van der Waals surface area (Å²) in [6.45, 7) is 0. The van der Waals surface area contributed by atoms with Gasteiger partial charge in [0.15, 0.2) is 5.69 Å². The maximum atomic E-state index is 12.0. The summed E-state index contributed by atoms with van der Waals surface area (Å²) >= 11 is 6.25. The molecular formula is C21H18ClNO2. The second-order valence-corrected chi connectivity index (χ2v) is 7.00. The lowest BCUT2D eigenvalue weighted by atomic mass is 9.85. The molecule has 1 saturated carbocycles. The van der Waals surface area contributed by atoms with Gasteiger partial charge in [-0.3, -0.25) is 0 Å². The molecule has 1 aliphatic rings. The van der Waals surface area contributed by atoms with Crippen LogP contribution in [-0.2, 0) is 0 Å². The summed E-state index contributed by atoms with van der Waals surface area (Å²) in [5.74, 6) is -0.646. The van der Waals surface area contributed by atoms with E-state index in [9.17, 15) is 9.90 Å². The number of carboxylic acids is 1. The predicted octanol–water partition coefficient (Wildman–Crippen LogP) is 5.91. The number of carbonyl (C=O) groups is 1. The number of pyridine rings is 1. The van der Waals surface area contributed by atoms with Gasteiger partial charge < -0.3 is 5.11 Å². The van der Waals surface area contributed by atoms with Crippen LogP contribution in [0.2, 0.25) is 5.02 Å². The van der Waals surface area contributed by atoms with E-state index in [4.69, 9.17) is 11.6 Å². The average Bonchev–Trinajstić information content (AvgIpc) is 3.15. The highest BCUT2D eigenvalue weighted by Gasteiger charge is 2.28. The van der Waals surface area contributed by atoms with Crippen molar-refractivity contribution in [1.29, 1.82) is 0 Å². The molecule has 3 aromatic rings. The monoisotopic (exact) mass is 351 g/mol. The Kier molecular flexibility index (Phi) is 4.18. The first-order valence-electron chi connectivity index (χ1n) is 8.57. The normalized spacial score (nSPS) is 14.9. The third-order valence-electron chi connectivity index (χ3n) is 5.02. The minimum atomic E-state index is -0.991. The van der Waals surface area contributed by atoms with Crippen LogP contribution >= 0.6 is 11.6 Å². The fourth-order valence-electron chi connectivity index (χ4n) is 3.95. The Bertz CT molecular complexity index is 947. The van der Waals surface area contributed by atoms with E-state index in [-0.39, 0.29) is 5.69 Å². The van der Waals surface area contributed by atoms with Crippen molar-refractivity contribution in [2.45, 2.75) is 31.6 Å². The summed E-state index contributed by atoms with van der Waals surface area (Å²) < 4.78 is 0. The lowest BCUT2D eigenvalue weighted by molar-refractivity contribution is 0.0691. The molecule has 2 aromatic carbocycles. The van der Waals surface area contributed by atoms with E-state index in [0.29, 0.717) is 16.5 Å². The van der Waals surface area contributed by atoms with Gasteiger partial charge in [0.05, 0.1) is 5.52 Å². The number of benzene rings is 2. The SMILES string of the molecule is O=C(O)c1nc2ccc(Cl)cc2c(C2CCCC2)c1-c1ccccc1. The van der Waals surface area contributed by atoms with Gasteiger partial charge in [-0.25, -0.2) is 9.78 Å². The van der Waals surface area contributed by atoms with E-state index in [2.05, 4.69) is 4.98 Å². The number of carboxylic acid groups (broad SMARTS) is 1. The number of hydrogen-bond donors (Lipinski definition) is 1. The smallest absolute Gasteiger partial charge is 0.355 e. The molecule has 1 N–H and O–H groups in total. The molecule has 0 unspecified atom stereocenters. The molecule has 1 aromatic heterocycles. The van der Waals surface area contributed by atoms with Crippen LogP contribution in [0.25, 0.3) is 22.0 Å². The number of aromatic nitrogens is 1. The molecule has 0 aliphatic heterocycles. The Hall–Kier alpha value is -2.39. The van der Waals surface area contributed by atoms with Gasteiger partial charge in [-0.2, -0.15) is 0 Å². The number of rotatable bonds is 3. The quantitative estimate of drug-likeness (QED) is 0.638. The molecule has 0 radical (unpaired) electrons. The minimum absolute atomic E-state index is 0.128. The number of fused-ring (bicyclic) bond motifs is 1. The number of nitrogens with zero attached hydrogens (tertiary/aromatic N) is 1.